The summed E-state index contributed by atoms with van der Waals surface area (Å²) < 4.78 is 33.8. The molecule has 1 aliphatic rings. The Morgan fingerprint density at radius 3 is 2.05 bits per heavy atom. The van der Waals surface area contributed by atoms with E-state index in [1.54, 1.807) is 28.4 Å². The van der Waals surface area contributed by atoms with E-state index in [1.807, 2.05) is 0 Å². The van der Waals surface area contributed by atoms with Crippen molar-refractivity contribution in [3.63, 3.8) is 0 Å². The minimum absolute atomic E-state index is 0.244. The Hall–Kier alpha value is -0.240. The van der Waals surface area contributed by atoms with Crippen LogP contribution in [0.4, 0.5) is 0 Å². The van der Waals surface area contributed by atoms with Crippen LogP contribution in [0.1, 0.15) is 32.6 Å². The number of hydrogen-bond acceptors (Lipinski definition) is 6. The molecule has 5 atom stereocenters. The lowest BCUT2D eigenvalue weighted by Gasteiger charge is -2.44. The van der Waals surface area contributed by atoms with Gasteiger partial charge in [0.15, 0.2) is 6.29 Å². The van der Waals surface area contributed by atoms with Crippen molar-refractivity contribution in [1.29, 1.82) is 0 Å². The highest BCUT2D eigenvalue weighted by Gasteiger charge is 2.47. The Morgan fingerprint density at radius 2 is 1.50 bits per heavy atom. The van der Waals surface area contributed by atoms with Gasteiger partial charge < -0.3 is 28.4 Å². The quantitative estimate of drug-likeness (QED) is 0.543. The first-order valence-corrected chi connectivity index (χ1v) is 8.07. The summed E-state index contributed by atoms with van der Waals surface area (Å²) in [5.41, 5.74) is 0. The fraction of sp³-hybridized carbons (Fsp3) is 1.00. The van der Waals surface area contributed by atoms with Crippen LogP contribution in [0.3, 0.4) is 0 Å². The van der Waals surface area contributed by atoms with Gasteiger partial charge in [-0.3, -0.25) is 0 Å². The highest BCUT2D eigenvalue weighted by molar-refractivity contribution is 4.92. The summed E-state index contributed by atoms with van der Waals surface area (Å²) in [6.07, 6.45) is 3.06. The Kier molecular flexibility index (Phi) is 10.2. The van der Waals surface area contributed by atoms with Gasteiger partial charge in [0.25, 0.3) is 0 Å². The number of rotatable bonds is 11. The largest absolute Gasteiger partial charge is 0.382 e. The molecule has 22 heavy (non-hydrogen) atoms. The fourth-order valence-corrected chi connectivity index (χ4v) is 2.84. The van der Waals surface area contributed by atoms with Crippen molar-refractivity contribution in [2.75, 3.05) is 41.7 Å². The van der Waals surface area contributed by atoms with Crippen molar-refractivity contribution in [3.8, 4) is 0 Å². The van der Waals surface area contributed by atoms with Crippen LogP contribution in [0.15, 0.2) is 0 Å². The van der Waals surface area contributed by atoms with Crippen molar-refractivity contribution in [1.82, 2.24) is 0 Å². The lowest BCUT2D eigenvalue weighted by molar-refractivity contribution is -0.313. The first kappa shape index (κ1) is 19.8. The number of hydrogen-bond donors (Lipinski definition) is 0. The zero-order valence-corrected chi connectivity index (χ0v) is 14.6. The maximum atomic E-state index is 6.00. The molecule has 1 heterocycles. The summed E-state index contributed by atoms with van der Waals surface area (Å²) >= 11 is 0. The van der Waals surface area contributed by atoms with Gasteiger partial charge in [-0.2, -0.15) is 0 Å². The molecule has 1 saturated heterocycles. The lowest BCUT2D eigenvalue weighted by atomic mass is 9.98. The summed E-state index contributed by atoms with van der Waals surface area (Å²) in [5, 5.41) is 0. The Morgan fingerprint density at radius 1 is 0.818 bits per heavy atom. The molecule has 0 spiro atoms. The van der Waals surface area contributed by atoms with Gasteiger partial charge in [-0.1, -0.05) is 26.2 Å². The van der Waals surface area contributed by atoms with E-state index in [4.69, 9.17) is 28.4 Å². The molecule has 1 rings (SSSR count). The smallest absolute Gasteiger partial charge is 0.186 e. The van der Waals surface area contributed by atoms with E-state index in [9.17, 15) is 0 Å². The zero-order chi connectivity index (χ0) is 16.4. The molecule has 1 aliphatic heterocycles. The van der Waals surface area contributed by atoms with Gasteiger partial charge in [0.05, 0.1) is 6.61 Å². The van der Waals surface area contributed by atoms with E-state index in [0.29, 0.717) is 13.2 Å². The molecular formula is C16H32O6. The molecule has 0 radical (unpaired) electrons. The first-order valence-electron chi connectivity index (χ1n) is 8.07. The van der Waals surface area contributed by atoms with Crippen LogP contribution in [0.5, 0.6) is 0 Å². The second kappa shape index (κ2) is 11.3. The number of methoxy groups -OCH3 is 4. The van der Waals surface area contributed by atoms with E-state index in [2.05, 4.69) is 6.92 Å². The van der Waals surface area contributed by atoms with Gasteiger partial charge in [0.2, 0.25) is 0 Å². The summed E-state index contributed by atoms with van der Waals surface area (Å²) in [7, 11) is 6.56. The molecule has 1 fully saturated rings. The van der Waals surface area contributed by atoms with E-state index < -0.39 is 6.29 Å². The molecule has 0 saturated carbocycles. The number of ether oxygens (including phenoxy) is 6. The summed E-state index contributed by atoms with van der Waals surface area (Å²) in [4.78, 5) is 0. The predicted molar refractivity (Wildman–Crippen MR) is 83.0 cm³/mol. The molecule has 0 aromatic heterocycles. The molecule has 0 N–H and O–H groups in total. The van der Waals surface area contributed by atoms with E-state index in [0.717, 1.165) is 12.8 Å². The van der Waals surface area contributed by atoms with Crippen LogP contribution >= 0.6 is 0 Å². The Balaban J connectivity index is 2.64. The highest BCUT2D eigenvalue weighted by atomic mass is 16.7. The van der Waals surface area contributed by atoms with Crippen molar-refractivity contribution in [2.24, 2.45) is 0 Å². The Bertz CT molecular complexity index is 275. The molecular weight excluding hydrogens is 288 g/mol. The normalized spacial score (nSPS) is 32.3. The molecule has 132 valence electrons. The third-order valence-electron chi connectivity index (χ3n) is 4.02. The summed E-state index contributed by atoms with van der Waals surface area (Å²) in [5.74, 6) is 0. The molecule has 0 bridgehead atoms. The maximum absolute atomic E-state index is 6.00. The van der Waals surface area contributed by atoms with Gasteiger partial charge in [-0.15, -0.1) is 0 Å². The minimum Gasteiger partial charge on any atom is -0.382 e. The van der Waals surface area contributed by atoms with Crippen LogP contribution in [-0.4, -0.2) is 72.4 Å². The van der Waals surface area contributed by atoms with Gasteiger partial charge >= 0.3 is 0 Å². The minimum atomic E-state index is -0.469. The third-order valence-corrected chi connectivity index (χ3v) is 4.02. The van der Waals surface area contributed by atoms with Crippen LogP contribution in [0.2, 0.25) is 0 Å². The van der Waals surface area contributed by atoms with E-state index in [-0.39, 0.29) is 24.4 Å². The second-order valence-corrected chi connectivity index (χ2v) is 5.53. The zero-order valence-electron chi connectivity index (χ0n) is 14.6. The van der Waals surface area contributed by atoms with Gasteiger partial charge in [0, 0.05) is 35.0 Å². The van der Waals surface area contributed by atoms with Crippen LogP contribution in [-0.2, 0) is 28.4 Å². The SMILES string of the molecule is CCCCCCOC1O[C@H](COC)[C@@H](OC)[C@H](OC)[C@H]1OC. The molecule has 6 heteroatoms. The van der Waals surface area contributed by atoms with Crippen LogP contribution < -0.4 is 0 Å². The molecule has 0 aromatic rings. The van der Waals surface area contributed by atoms with E-state index in [1.165, 1.54) is 12.8 Å². The van der Waals surface area contributed by atoms with Crippen molar-refractivity contribution < 1.29 is 28.4 Å². The number of unbranched alkanes of at least 4 members (excludes halogenated alkanes) is 3. The molecule has 6 nitrogen and oxygen atoms in total. The monoisotopic (exact) mass is 320 g/mol. The summed E-state index contributed by atoms with van der Waals surface area (Å²) in [6.45, 7) is 3.26. The topological polar surface area (TPSA) is 55.4 Å². The van der Waals surface area contributed by atoms with Crippen LogP contribution in [0.25, 0.3) is 0 Å². The van der Waals surface area contributed by atoms with Gasteiger partial charge in [0.1, 0.15) is 24.4 Å². The van der Waals surface area contributed by atoms with Crippen LogP contribution in [0, 0.1) is 0 Å². The van der Waals surface area contributed by atoms with Gasteiger partial charge in [-0.05, 0) is 6.42 Å². The molecule has 0 aliphatic carbocycles. The molecule has 0 amide bonds. The standard InChI is InChI=1S/C16H32O6/c1-6-7-8-9-10-21-16-15(20-5)14(19-4)13(18-3)12(22-16)11-17-2/h12-16H,6-11H2,1-5H3/t12-,13-,14+,15-,16?/m1/s1. The van der Waals surface area contributed by atoms with Gasteiger partial charge in [-0.25, -0.2) is 0 Å². The fourth-order valence-electron chi connectivity index (χ4n) is 2.84. The lowest BCUT2D eigenvalue weighted by Crippen LogP contribution is -2.61. The average Bonchev–Trinajstić information content (AvgIpc) is 2.54. The van der Waals surface area contributed by atoms with E-state index >= 15 is 0 Å². The highest BCUT2D eigenvalue weighted by Crippen LogP contribution is 2.28. The van der Waals surface area contributed by atoms with Crippen molar-refractivity contribution in [2.45, 2.75) is 63.3 Å². The average molecular weight is 320 g/mol. The summed E-state index contributed by atoms with van der Waals surface area (Å²) in [6, 6.07) is 0. The molecule has 0 aromatic carbocycles. The predicted octanol–water partition coefficient (Wildman–Crippen LogP) is 2.00. The third kappa shape index (κ3) is 5.44. The molecule has 1 unspecified atom stereocenters. The van der Waals surface area contributed by atoms with Crippen molar-refractivity contribution in [3.05, 3.63) is 0 Å². The second-order valence-electron chi connectivity index (χ2n) is 5.53. The maximum Gasteiger partial charge on any atom is 0.186 e. The Labute approximate surface area is 134 Å². The van der Waals surface area contributed by atoms with Crippen molar-refractivity contribution >= 4 is 0 Å². The first-order chi connectivity index (χ1) is 10.7.